The van der Waals surface area contributed by atoms with E-state index < -0.39 is 6.04 Å². The SMILES string of the molecule is CC[C@@H]1CCN(CC(=O)c2ccc(Cl)cc2)[C@H]1C(=O)N1CCC[C@H]1C(=O)NCC1CCC(N)CC1. The molecule has 3 fully saturated rings. The second-order valence-electron chi connectivity index (χ2n) is 10.5. The lowest BCUT2D eigenvalue weighted by Gasteiger charge is -2.33. The van der Waals surface area contributed by atoms with Gasteiger partial charge in [0.1, 0.15) is 6.04 Å². The van der Waals surface area contributed by atoms with E-state index in [9.17, 15) is 14.4 Å². The maximum absolute atomic E-state index is 13.8. The van der Waals surface area contributed by atoms with E-state index in [4.69, 9.17) is 17.3 Å². The first-order chi connectivity index (χ1) is 16.9. The first-order valence-corrected chi connectivity index (χ1v) is 13.6. The van der Waals surface area contributed by atoms with E-state index >= 15 is 0 Å². The van der Waals surface area contributed by atoms with Gasteiger partial charge in [-0.3, -0.25) is 19.3 Å². The molecule has 8 heteroatoms. The molecule has 3 aliphatic rings. The summed E-state index contributed by atoms with van der Waals surface area (Å²) in [6.07, 6.45) is 7.40. The lowest BCUT2D eigenvalue weighted by molar-refractivity contribution is -0.142. The smallest absolute Gasteiger partial charge is 0.242 e. The maximum Gasteiger partial charge on any atom is 0.242 e. The largest absolute Gasteiger partial charge is 0.354 e. The van der Waals surface area contributed by atoms with Crippen LogP contribution < -0.4 is 11.1 Å². The van der Waals surface area contributed by atoms with Crippen LogP contribution in [-0.2, 0) is 9.59 Å². The fourth-order valence-corrected chi connectivity index (χ4v) is 6.15. The minimum Gasteiger partial charge on any atom is -0.354 e. The maximum atomic E-state index is 13.8. The van der Waals surface area contributed by atoms with Crippen LogP contribution >= 0.6 is 11.6 Å². The molecule has 1 aliphatic carbocycles. The monoisotopic (exact) mass is 502 g/mol. The molecule has 1 aromatic rings. The van der Waals surface area contributed by atoms with Crippen LogP contribution in [0.5, 0.6) is 0 Å². The van der Waals surface area contributed by atoms with Gasteiger partial charge in [0.25, 0.3) is 0 Å². The minimum absolute atomic E-state index is 0.000420. The van der Waals surface area contributed by atoms with E-state index in [0.717, 1.165) is 44.9 Å². The fourth-order valence-electron chi connectivity index (χ4n) is 6.03. The topological polar surface area (TPSA) is 95.7 Å². The first-order valence-electron chi connectivity index (χ1n) is 13.2. The number of likely N-dealkylation sites (tertiary alicyclic amines) is 2. The number of carbonyl (C=O) groups excluding carboxylic acids is 3. The number of nitrogens with zero attached hydrogens (tertiary/aromatic N) is 2. The predicted molar refractivity (Wildman–Crippen MR) is 137 cm³/mol. The summed E-state index contributed by atoms with van der Waals surface area (Å²) >= 11 is 5.96. The van der Waals surface area contributed by atoms with Gasteiger partial charge >= 0.3 is 0 Å². The van der Waals surface area contributed by atoms with Crippen molar-refractivity contribution in [1.82, 2.24) is 15.1 Å². The molecule has 0 unspecified atom stereocenters. The zero-order valence-corrected chi connectivity index (χ0v) is 21.5. The van der Waals surface area contributed by atoms with Crippen molar-refractivity contribution in [3.05, 3.63) is 34.9 Å². The molecule has 192 valence electrons. The highest BCUT2D eigenvalue weighted by Crippen LogP contribution is 2.31. The Morgan fingerprint density at radius 1 is 1.03 bits per heavy atom. The molecule has 0 aromatic heterocycles. The quantitative estimate of drug-likeness (QED) is 0.532. The summed E-state index contributed by atoms with van der Waals surface area (Å²) in [4.78, 5) is 43.7. The number of ketones is 1. The van der Waals surface area contributed by atoms with Gasteiger partial charge in [-0.05, 0) is 87.6 Å². The van der Waals surface area contributed by atoms with Gasteiger partial charge in [0.05, 0.1) is 12.6 Å². The number of carbonyl (C=O) groups is 3. The van der Waals surface area contributed by atoms with Crippen LogP contribution in [0.15, 0.2) is 24.3 Å². The predicted octanol–water partition coefficient (Wildman–Crippen LogP) is 3.25. The number of rotatable bonds is 8. The molecule has 0 radical (unpaired) electrons. The normalized spacial score (nSPS) is 29.3. The molecule has 0 bridgehead atoms. The third-order valence-electron chi connectivity index (χ3n) is 8.21. The van der Waals surface area contributed by atoms with Gasteiger partial charge in [-0.15, -0.1) is 0 Å². The number of Topliss-reactive ketones (excluding diaryl/α,β-unsaturated/α-hetero) is 1. The second kappa shape index (κ2) is 11.8. The number of amides is 2. The first kappa shape index (κ1) is 26.1. The third-order valence-corrected chi connectivity index (χ3v) is 8.46. The van der Waals surface area contributed by atoms with Gasteiger partial charge in [-0.25, -0.2) is 0 Å². The molecule has 7 nitrogen and oxygen atoms in total. The lowest BCUT2D eigenvalue weighted by atomic mass is 9.86. The summed E-state index contributed by atoms with van der Waals surface area (Å²) in [5.74, 6) is 0.605. The summed E-state index contributed by atoms with van der Waals surface area (Å²) in [6, 6.07) is 6.41. The van der Waals surface area contributed by atoms with Gasteiger partial charge < -0.3 is 16.0 Å². The molecule has 2 aliphatic heterocycles. The van der Waals surface area contributed by atoms with E-state index in [1.54, 1.807) is 29.2 Å². The van der Waals surface area contributed by atoms with Crippen molar-refractivity contribution in [2.45, 2.75) is 76.4 Å². The number of hydrogen-bond acceptors (Lipinski definition) is 5. The van der Waals surface area contributed by atoms with Crippen LogP contribution in [0.4, 0.5) is 0 Å². The van der Waals surface area contributed by atoms with Crippen molar-refractivity contribution >= 4 is 29.2 Å². The van der Waals surface area contributed by atoms with E-state index in [-0.39, 0.29) is 42.1 Å². The van der Waals surface area contributed by atoms with Crippen LogP contribution in [0.2, 0.25) is 5.02 Å². The summed E-state index contributed by atoms with van der Waals surface area (Å²) in [7, 11) is 0. The number of hydrogen-bond donors (Lipinski definition) is 2. The molecule has 2 heterocycles. The van der Waals surface area contributed by atoms with Crippen molar-refractivity contribution in [3.8, 4) is 0 Å². The summed E-state index contributed by atoms with van der Waals surface area (Å²) < 4.78 is 0. The number of nitrogens with two attached hydrogens (primary N) is 1. The van der Waals surface area contributed by atoms with Crippen LogP contribution in [0.1, 0.15) is 68.6 Å². The Morgan fingerprint density at radius 2 is 1.74 bits per heavy atom. The molecule has 2 amide bonds. The third kappa shape index (κ3) is 6.25. The van der Waals surface area contributed by atoms with Crippen molar-refractivity contribution in [3.63, 3.8) is 0 Å². The van der Waals surface area contributed by atoms with Crippen LogP contribution in [0.25, 0.3) is 0 Å². The molecular formula is C27H39ClN4O3. The Kier molecular flexibility index (Phi) is 8.84. The average Bonchev–Trinajstić information content (AvgIpc) is 3.51. The summed E-state index contributed by atoms with van der Waals surface area (Å²) in [5.41, 5.74) is 6.60. The Labute approximate surface area is 213 Å². The zero-order chi connectivity index (χ0) is 24.9. The van der Waals surface area contributed by atoms with E-state index in [1.165, 1.54) is 0 Å². The average molecular weight is 503 g/mol. The van der Waals surface area contributed by atoms with Gasteiger partial charge in [-0.2, -0.15) is 0 Å². The second-order valence-corrected chi connectivity index (χ2v) is 11.0. The number of halogens is 1. The van der Waals surface area contributed by atoms with Gasteiger partial charge in [0.2, 0.25) is 11.8 Å². The summed E-state index contributed by atoms with van der Waals surface area (Å²) in [6.45, 7) is 4.26. The molecule has 0 spiro atoms. The highest BCUT2D eigenvalue weighted by atomic mass is 35.5. The Balaban J connectivity index is 1.39. The molecule has 1 saturated carbocycles. The molecular weight excluding hydrogens is 464 g/mol. The van der Waals surface area contributed by atoms with Gasteiger partial charge in [-0.1, -0.05) is 24.9 Å². The molecule has 35 heavy (non-hydrogen) atoms. The van der Waals surface area contributed by atoms with E-state index in [2.05, 4.69) is 12.2 Å². The zero-order valence-electron chi connectivity index (χ0n) is 20.8. The highest BCUT2D eigenvalue weighted by molar-refractivity contribution is 6.30. The van der Waals surface area contributed by atoms with Crippen molar-refractivity contribution < 1.29 is 14.4 Å². The Hall–Kier alpha value is -1.96. The van der Waals surface area contributed by atoms with Crippen LogP contribution in [0.3, 0.4) is 0 Å². The molecule has 2 saturated heterocycles. The van der Waals surface area contributed by atoms with Crippen molar-refractivity contribution in [1.29, 1.82) is 0 Å². The summed E-state index contributed by atoms with van der Waals surface area (Å²) in [5, 5.41) is 3.72. The molecule has 3 atom stereocenters. The standard InChI is InChI=1S/C27H39ClN4O3/c1-2-19-13-15-31(17-24(33)20-7-9-21(28)10-8-20)25(19)27(35)32-14-3-4-23(32)26(34)30-16-18-5-11-22(29)12-6-18/h7-10,18-19,22-23,25H,2-6,11-17,29H2,1H3,(H,30,34)/t18?,19-,22?,23+,25-/m1/s1. The number of nitrogens with one attached hydrogen (secondary N) is 1. The van der Waals surface area contributed by atoms with Crippen molar-refractivity contribution in [2.75, 3.05) is 26.2 Å². The van der Waals surface area contributed by atoms with Crippen LogP contribution in [-0.4, -0.2) is 71.7 Å². The Bertz CT molecular complexity index is 900. The van der Waals surface area contributed by atoms with E-state index in [1.807, 2.05) is 4.90 Å². The Morgan fingerprint density at radius 3 is 2.43 bits per heavy atom. The number of benzene rings is 1. The molecule has 3 N–H and O–H groups in total. The van der Waals surface area contributed by atoms with E-state index in [0.29, 0.717) is 42.6 Å². The molecule has 1 aromatic carbocycles. The van der Waals surface area contributed by atoms with Crippen molar-refractivity contribution in [2.24, 2.45) is 17.6 Å². The van der Waals surface area contributed by atoms with Gasteiger partial charge in [0, 0.05) is 29.7 Å². The van der Waals surface area contributed by atoms with Gasteiger partial charge in [0.15, 0.2) is 5.78 Å². The fraction of sp³-hybridized carbons (Fsp3) is 0.667. The van der Waals surface area contributed by atoms with Crippen LogP contribution in [0, 0.1) is 11.8 Å². The molecule has 4 rings (SSSR count). The highest BCUT2D eigenvalue weighted by Gasteiger charge is 2.45. The minimum atomic E-state index is -0.416. The lowest BCUT2D eigenvalue weighted by Crippen LogP contribution is -2.54.